The van der Waals surface area contributed by atoms with Gasteiger partial charge in [0.05, 0.1) is 10.2 Å². The molecular formula is C13H12BrFN2O2S2. The van der Waals surface area contributed by atoms with E-state index in [4.69, 9.17) is 5.73 Å². The SMILES string of the molecule is Nc1cc(F)c(Br)cc1S(=O)(=O)N1CCc2sccc2C1. The van der Waals surface area contributed by atoms with Crippen molar-refractivity contribution in [1.29, 1.82) is 0 Å². The molecule has 1 aromatic heterocycles. The molecule has 0 unspecified atom stereocenters. The van der Waals surface area contributed by atoms with Crippen LogP contribution in [-0.2, 0) is 23.0 Å². The second-order valence-electron chi connectivity index (χ2n) is 4.76. The first-order valence-electron chi connectivity index (χ1n) is 6.19. The van der Waals surface area contributed by atoms with Crippen molar-refractivity contribution in [2.75, 3.05) is 12.3 Å². The number of nitrogens with zero attached hydrogens (tertiary/aromatic N) is 1. The van der Waals surface area contributed by atoms with Crippen molar-refractivity contribution in [3.8, 4) is 0 Å². The second kappa shape index (κ2) is 5.35. The lowest BCUT2D eigenvalue weighted by Gasteiger charge is -2.26. The molecule has 112 valence electrons. The maximum atomic E-state index is 13.4. The van der Waals surface area contributed by atoms with Crippen molar-refractivity contribution in [3.05, 3.63) is 44.3 Å². The summed E-state index contributed by atoms with van der Waals surface area (Å²) in [5, 5.41) is 1.96. The second-order valence-corrected chi connectivity index (χ2v) is 8.52. The smallest absolute Gasteiger partial charge is 0.245 e. The van der Waals surface area contributed by atoms with E-state index in [2.05, 4.69) is 15.9 Å². The molecule has 1 aromatic carbocycles. The van der Waals surface area contributed by atoms with Gasteiger partial charge in [0.15, 0.2) is 0 Å². The van der Waals surface area contributed by atoms with Crippen LogP contribution in [0.2, 0.25) is 0 Å². The van der Waals surface area contributed by atoms with Gasteiger partial charge >= 0.3 is 0 Å². The lowest BCUT2D eigenvalue weighted by molar-refractivity contribution is 0.394. The van der Waals surface area contributed by atoms with Crippen LogP contribution in [0, 0.1) is 5.82 Å². The normalized spacial score (nSPS) is 15.9. The largest absolute Gasteiger partial charge is 0.398 e. The maximum absolute atomic E-state index is 13.4. The number of nitrogens with two attached hydrogens (primary N) is 1. The standard InChI is InChI=1S/C13H12BrFN2O2S2/c14-9-5-13(11(16)6-10(9)15)21(18,19)17-3-1-12-8(7-17)2-4-20-12/h2,4-6H,1,3,7,16H2. The first-order valence-corrected chi connectivity index (χ1v) is 9.31. The number of hydrogen-bond donors (Lipinski definition) is 1. The van der Waals surface area contributed by atoms with Crippen molar-refractivity contribution in [2.45, 2.75) is 17.9 Å². The van der Waals surface area contributed by atoms with Gasteiger partial charge in [0, 0.05) is 18.0 Å². The van der Waals surface area contributed by atoms with Gasteiger partial charge in [0.1, 0.15) is 10.7 Å². The van der Waals surface area contributed by atoms with Crippen LogP contribution in [0.25, 0.3) is 0 Å². The fourth-order valence-electron chi connectivity index (χ4n) is 2.33. The Kier molecular flexibility index (Phi) is 3.81. The Balaban J connectivity index is 2.00. The Hall–Kier alpha value is -0.960. The fourth-order valence-corrected chi connectivity index (χ4v) is 5.26. The number of halogens is 2. The third-order valence-electron chi connectivity index (χ3n) is 3.44. The highest BCUT2D eigenvalue weighted by atomic mass is 79.9. The molecule has 0 saturated heterocycles. The summed E-state index contributed by atoms with van der Waals surface area (Å²) in [6, 6.07) is 4.19. The zero-order chi connectivity index (χ0) is 15.2. The van der Waals surface area contributed by atoms with Gasteiger partial charge in [-0.1, -0.05) is 0 Å². The highest BCUT2D eigenvalue weighted by molar-refractivity contribution is 9.10. The van der Waals surface area contributed by atoms with Crippen molar-refractivity contribution in [3.63, 3.8) is 0 Å². The summed E-state index contributed by atoms with van der Waals surface area (Å²) in [4.78, 5) is 1.16. The van der Waals surface area contributed by atoms with Gasteiger partial charge in [-0.2, -0.15) is 4.31 Å². The first-order chi connectivity index (χ1) is 9.89. The van der Waals surface area contributed by atoms with Gasteiger partial charge in [-0.25, -0.2) is 12.8 Å². The molecule has 2 aromatic rings. The number of anilines is 1. The Morgan fingerprint density at radius 3 is 2.90 bits per heavy atom. The number of rotatable bonds is 2. The van der Waals surface area contributed by atoms with Gasteiger partial charge < -0.3 is 5.73 Å². The monoisotopic (exact) mass is 390 g/mol. The number of sulfonamides is 1. The van der Waals surface area contributed by atoms with E-state index in [0.717, 1.165) is 11.6 Å². The summed E-state index contributed by atoms with van der Waals surface area (Å²) in [6.07, 6.45) is 0.689. The number of benzene rings is 1. The molecule has 8 heteroatoms. The molecule has 0 aliphatic carbocycles. The van der Waals surface area contributed by atoms with E-state index in [1.54, 1.807) is 11.3 Å². The third-order valence-corrected chi connectivity index (χ3v) is 6.97. The summed E-state index contributed by atoms with van der Waals surface area (Å²) in [5.74, 6) is -0.579. The zero-order valence-corrected chi connectivity index (χ0v) is 14.1. The van der Waals surface area contributed by atoms with Gasteiger partial charge in [0.25, 0.3) is 0 Å². The highest BCUT2D eigenvalue weighted by Crippen LogP contribution is 2.32. The summed E-state index contributed by atoms with van der Waals surface area (Å²) >= 11 is 4.64. The molecule has 0 fully saturated rings. The third kappa shape index (κ3) is 2.61. The van der Waals surface area contributed by atoms with E-state index in [-0.39, 0.29) is 15.1 Å². The molecule has 21 heavy (non-hydrogen) atoms. The predicted octanol–water partition coefficient (Wildman–Crippen LogP) is 2.98. The van der Waals surface area contributed by atoms with Crippen LogP contribution in [0.3, 0.4) is 0 Å². The molecule has 0 atom stereocenters. The van der Waals surface area contributed by atoms with Gasteiger partial charge in [-0.05, 0) is 51.5 Å². The quantitative estimate of drug-likeness (QED) is 0.801. The highest BCUT2D eigenvalue weighted by Gasteiger charge is 2.30. The van der Waals surface area contributed by atoms with Crippen LogP contribution in [-0.4, -0.2) is 19.3 Å². The molecule has 1 aliphatic heterocycles. The van der Waals surface area contributed by atoms with Crippen molar-refractivity contribution < 1.29 is 12.8 Å². The van der Waals surface area contributed by atoms with Crippen LogP contribution in [0.5, 0.6) is 0 Å². The van der Waals surface area contributed by atoms with Crippen LogP contribution < -0.4 is 5.73 Å². The molecule has 3 rings (SSSR count). The molecule has 0 amide bonds. The summed E-state index contributed by atoms with van der Waals surface area (Å²) in [6.45, 7) is 0.736. The summed E-state index contributed by atoms with van der Waals surface area (Å²) in [7, 11) is -3.74. The predicted molar refractivity (Wildman–Crippen MR) is 84.1 cm³/mol. The van der Waals surface area contributed by atoms with Crippen LogP contribution >= 0.6 is 27.3 Å². The minimum atomic E-state index is -3.74. The molecule has 0 bridgehead atoms. The number of fused-ring (bicyclic) bond motifs is 1. The molecule has 2 heterocycles. The maximum Gasteiger partial charge on any atom is 0.245 e. The van der Waals surface area contributed by atoms with Gasteiger partial charge in [0.2, 0.25) is 10.0 Å². The number of thiophene rings is 1. The Bertz CT molecular complexity index is 804. The van der Waals surface area contributed by atoms with E-state index >= 15 is 0 Å². The van der Waals surface area contributed by atoms with Gasteiger partial charge in [-0.15, -0.1) is 11.3 Å². The molecule has 0 saturated carbocycles. The number of hydrogen-bond acceptors (Lipinski definition) is 4. The van der Waals surface area contributed by atoms with Gasteiger partial charge in [-0.3, -0.25) is 0 Å². The van der Waals surface area contributed by atoms with E-state index in [1.165, 1.54) is 15.2 Å². The Labute approximate surface area is 134 Å². The molecule has 0 spiro atoms. The minimum absolute atomic E-state index is 0.0607. The lowest BCUT2D eigenvalue weighted by atomic mass is 10.1. The van der Waals surface area contributed by atoms with E-state index in [0.29, 0.717) is 19.5 Å². The zero-order valence-electron chi connectivity index (χ0n) is 10.8. The molecular weight excluding hydrogens is 379 g/mol. The van der Waals surface area contributed by atoms with Crippen LogP contribution in [0.4, 0.5) is 10.1 Å². The average Bonchev–Trinajstić information content (AvgIpc) is 2.90. The number of nitrogen functional groups attached to an aromatic ring is 1. The van der Waals surface area contributed by atoms with Crippen molar-refractivity contribution in [1.82, 2.24) is 4.31 Å². The van der Waals surface area contributed by atoms with Crippen LogP contribution in [0.15, 0.2) is 32.9 Å². The lowest BCUT2D eigenvalue weighted by Crippen LogP contribution is -2.35. The molecule has 1 aliphatic rings. The first kappa shape index (κ1) is 15.0. The fraction of sp³-hybridized carbons (Fsp3) is 0.231. The summed E-state index contributed by atoms with van der Waals surface area (Å²) in [5.41, 5.74) is 6.64. The average molecular weight is 391 g/mol. The van der Waals surface area contributed by atoms with Crippen molar-refractivity contribution >= 4 is 43.0 Å². The Morgan fingerprint density at radius 1 is 1.38 bits per heavy atom. The van der Waals surface area contributed by atoms with Crippen LogP contribution in [0.1, 0.15) is 10.4 Å². The van der Waals surface area contributed by atoms with Crippen molar-refractivity contribution in [2.24, 2.45) is 0 Å². The minimum Gasteiger partial charge on any atom is -0.398 e. The Morgan fingerprint density at radius 2 is 2.14 bits per heavy atom. The topological polar surface area (TPSA) is 63.4 Å². The van der Waals surface area contributed by atoms with E-state index in [9.17, 15) is 12.8 Å². The van der Waals surface area contributed by atoms with E-state index in [1.807, 2.05) is 11.4 Å². The molecule has 0 radical (unpaired) electrons. The molecule has 4 nitrogen and oxygen atoms in total. The summed E-state index contributed by atoms with van der Waals surface area (Å²) < 4.78 is 40.3. The van der Waals surface area contributed by atoms with E-state index < -0.39 is 15.8 Å². The molecule has 2 N–H and O–H groups in total.